The number of amides is 1. The summed E-state index contributed by atoms with van der Waals surface area (Å²) in [6.45, 7) is 5.87. The fraction of sp³-hybridized carbons (Fsp3) is 0.318. The normalized spacial score (nSPS) is 16.1. The zero-order valence-corrected chi connectivity index (χ0v) is 17.4. The van der Waals surface area contributed by atoms with Crippen LogP contribution in [0.15, 0.2) is 53.3 Å². The van der Waals surface area contributed by atoms with Crippen molar-refractivity contribution in [2.24, 2.45) is 0 Å². The van der Waals surface area contributed by atoms with Gasteiger partial charge in [-0.25, -0.2) is 9.78 Å². The van der Waals surface area contributed by atoms with E-state index < -0.39 is 28.2 Å². The summed E-state index contributed by atoms with van der Waals surface area (Å²) in [6, 6.07) is 12.5. The number of nitro benzene ring substituents is 1. The van der Waals surface area contributed by atoms with E-state index in [1.165, 1.54) is 22.8 Å². The SMILES string of the molecule is CC(C)(C)OC(=O)N1CCC1c1nc2ccc([N+](=O)[O-])cc2c(=O)n1-c1ccccc1. The summed E-state index contributed by atoms with van der Waals surface area (Å²) in [6.07, 6.45) is 0.151. The smallest absolute Gasteiger partial charge is 0.410 e. The van der Waals surface area contributed by atoms with Crippen LogP contribution in [0.2, 0.25) is 0 Å². The van der Waals surface area contributed by atoms with E-state index in [2.05, 4.69) is 4.98 Å². The van der Waals surface area contributed by atoms with E-state index in [0.717, 1.165) is 0 Å². The Labute approximate surface area is 178 Å². The standard InChI is InChI=1S/C22H22N4O5/c1-22(2,3)31-21(28)24-12-11-18(24)19-23-17-10-9-15(26(29)30)13-16(17)20(27)25(19)14-7-5-4-6-8-14/h4-10,13,18H,11-12H2,1-3H3. The van der Waals surface area contributed by atoms with Gasteiger partial charge < -0.3 is 4.74 Å². The van der Waals surface area contributed by atoms with E-state index in [1.807, 2.05) is 6.07 Å². The van der Waals surface area contributed by atoms with Crippen molar-refractivity contribution in [3.8, 4) is 5.69 Å². The lowest BCUT2D eigenvalue weighted by Gasteiger charge is -2.41. The lowest BCUT2D eigenvalue weighted by Crippen LogP contribution is -2.49. The summed E-state index contributed by atoms with van der Waals surface area (Å²) < 4.78 is 6.92. The molecule has 9 heteroatoms. The number of rotatable bonds is 3. The number of nitro groups is 1. The van der Waals surface area contributed by atoms with Crippen LogP contribution in [-0.4, -0.2) is 37.6 Å². The van der Waals surface area contributed by atoms with Gasteiger partial charge in [-0.05, 0) is 45.4 Å². The number of para-hydroxylation sites is 1. The summed E-state index contributed by atoms with van der Waals surface area (Å²) in [5.41, 5.74) is -0.344. The fourth-order valence-corrected chi connectivity index (χ4v) is 3.55. The molecule has 1 aliphatic rings. The maximum Gasteiger partial charge on any atom is 0.410 e. The van der Waals surface area contributed by atoms with Gasteiger partial charge in [0.25, 0.3) is 11.2 Å². The molecule has 2 aromatic carbocycles. The topological polar surface area (TPSA) is 108 Å². The largest absolute Gasteiger partial charge is 0.444 e. The van der Waals surface area contributed by atoms with Crippen LogP contribution in [0.1, 0.15) is 39.1 Å². The molecule has 0 aliphatic carbocycles. The van der Waals surface area contributed by atoms with Crippen molar-refractivity contribution in [2.45, 2.75) is 38.8 Å². The second kappa shape index (κ2) is 7.50. The Hall–Kier alpha value is -3.75. The molecule has 1 fully saturated rings. The Morgan fingerprint density at radius 1 is 1.19 bits per heavy atom. The molecule has 9 nitrogen and oxygen atoms in total. The Morgan fingerprint density at radius 2 is 1.90 bits per heavy atom. The number of likely N-dealkylation sites (tertiary alicyclic amines) is 1. The third-order valence-electron chi connectivity index (χ3n) is 5.05. The lowest BCUT2D eigenvalue weighted by atomic mass is 10.0. The van der Waals surface area contributed by atoms with Gasteiger partial charge in [-0.1, -0.05) is 18.2 Å². The predicted octanol–water partition coefficient (Wildman–Crippen LogP) is 3.98. The second-order valence-corrected chi connectivity index (χ2v) is 8.38. The Bertz CT molecular complexity index is 1230. The highest BCUT2D eigenvalue weighted by Gasteiger charge is 2.39. The van der Waals surface area contributed by atoms with Gasteiger partial charge >= 0.3 is 6.09 Å². The molecule has 3 aromatic rings. The molecule has 0 bridgehead atoms. The molecule has 1 aliphatic heterocycles. The van der Waals surface area contributed by atoms with Gasteiger partial charge in [-0.15, -0.1) is 0 Å². The van der Waals surface area contributed by atoms with Crippen molar-refractivity contribution in [2.75, 3.05) is 6.54 Å². The Kier molecular flexibility index (Phi) is 4.96. The van der Waals surface area contributed by atoms with Crippen LogP contribution < -0.4 is 5.56 Å². The van der Waals surface area contributed by atoms with Crippen molar-refractivity contribution >= 4 is 22.7 Å². The summed E-state index contributed by atoms with van der Waals surface area (Å²) in [7, 11) is 0. The van der Waals surface area contributed by atoms with Crippen molar-refractivity contribution in [3.63, 3.8) is 0 Å². The molecular formula is C22H22N4O5. The summed E-state index contributed by atoms with van der Waals surface area (Å²) in [5, 5.41) is 11.3. The van der Waals surface area contributed by atoms with Crippen LogP contribution in [0.3, 0.4) is 0 Å². The van der Waals surface area contributed by atoms with Gasteiger partial charge in [0.2, 0.25) is 0 Å². The summed E-state index contributed by atoms with van der Waals surface area (Å²) >= 11 is 0. The Balaban J connectivity index is 1.88. The van der Waals surface area contributed by atoms with E-state index in [-0.39, 0.29) is 11.1 Å². The number of carbonyl (C=O) groups excluding carboxylic acids is 1. The summed E-state index contributed by atoms with van der Waals surface area (Å²) in [4.78, 5) is 42.9. The molecule has 31 heavy (non-hydrogen) atoms. The van der Waals surface area contributed by atoms with Gasteiger partial charge in [-0.2, -0.15) is 0 Å². The molecule has 1 atom stereocenters. The molecular weight excluding hydrogens is 400 g/mol. The minimum absolute atomic E-state index is 0.143. The van der Waals surface area contributed by atoms with E-state index in [0.29, 0.717) is 30.0 Å². The highest BCUT2D eigenvalue weighted by atomic mass is 16.6. The van der Waals surface area contributed by atoms with Crippen LogP contribution in [0.25, 0.3) is 16.6 Å². The first-order valence-electron chi connectivity index (χ1n) is 9.92. The highest BCUT2D eigenvalue weighted by Crippen LogP contribution is 2.35. The van der Waals surface area contributed by atoms with E-state index in [1.54, 1.807) is 49.9 Å². The molecule has 1 amide bonds. The van der Waals surface area contributed by atoms with Gasteiger partial charge in [0, 0.05) is 18.7 Å². The number of non-ortho nitro benzene ring substituents is 1. The van der Waals surface area contributed by atoms with Crippen LogP contribution in [0, 0.1) is 10.1 Å². The average Bonchev–Trinajstić information content (AvgIpc) is 2.66. The highest BCUT2D eigenvalue weighted by molar-refractivity contribution is 5.81. The molecule has 2 heterocycles. The number of hydrogen-bond donors (Lipinski definition) is 0. The average molecular weight is 422 g/mol. The van der Waals surface area contributed by atoms with Gasteiger partial charge in [-0.3, -0.25) is 24.4 Å². The number of fused-ring (bicyclic) bond motifs is 1. The zero-order valence-electron chi connectivity index (χ0n) is 17.4. The predicted molar refractivity (Wildman–Crippen MR) is 114 cm³/mol. The molecule has 0 N–H and O–H groups in total. The van der Waals surface area contributed by atoms with Crippen molar-refractivity contribution < 1.29 is 14.5 Å². The maximum absolute atomic E-state index is 13.4. The molecule has 1 saturated heterocycles. The molecule has 0 spiro atoms. The number of aromatic nitrogens is 2. The minimum atomic E-state index is -0.647. The van der Waals surface area contributed by atoms with Crippen molar-refractivity contribution in [1.29, 1.82) is 0 Å². The molecule has 0 radical (unpaired) electrons. The van der Waals surface area contributed by atoms with Crippen LogP contribution in [0.5, 0.6) is 0 Å². The van der Waals surface area contributed by atoms with E-state index >= 15 is 0 Å². The number of nitrogens with zero attached hydrogens (tertiary/aromatic N) is 4. The third-order valence-corrected chi connectivity index (χ3v) is 5.05. The van der Waals surface area contributed by atoms with Crippen molar-refractivity contribution in [3.05, 3.63) is 74.8 Å². The zero-order chi connectivity index (χ0) is 22.3. The first-order chi connectivity index (χ1) is 14.7. The number of benzene rings is 2. The number of hydrogen-bond acceptors (Lipinski definition) is 6. The third kappa shape index (κ3) is 3.86. The molecule has 0 saturated carbocycles. The van der Waals surface area contributed by atoms with Crippen molar-refractivity contribution in [1.82, 2.24) is 14.5 Å². The van der Waals surface area contributed by atoms with Gasteiger partial charge in [0.1, 0.15) is 11.4 Å². The van der Waals surface area contributed by atoms with Gasteiger partial charge in [0.15, 0.2) is 0 Å². The van der Waals surface area contributed by atoms with E-state index in [9.17, 15) is 19.7 Å². The first-order valence-corrected chi connectivity index (χ1v) is 9.92. The fourth-order valence-electron chi connectivity index (χ4n) is 3.55. The summed E-state index contributed by atoms with van der Waals surface area (Å²) in [5.74, 6) is 0.398. The Morgan fingerprint density at radius 3 is 2.48 bits per heavy atom. The molecule has 160 valence electrons. The quantitative estimate of drug-likeness (QED) is 0.467. The molecule has 1 aromatic heterocycles. The van der Waals surface area contributed by atoms with E-state index in [4.69, 9.17) is 4.74 Å². The minimum Gasteiger partial charge on any atom is -0.444 e. The van der Waals surface area contributed by atoms with Crippen LogP contribution in [-0.2, 0) is 4.74 Å². The monoisotopic (exact) mass is 422 g/mol. The second-order valence-electron chi connectivity index (χ2n) is 8.38. The lowest BCUT2D eigenvalue weighted by molar-refractivity contribution is -0.384. The van der Waals surface area contributed by atoms with Crippen LogP contribution >= 0.6 is 0 Å². The first kappa shape index (κ1) is 20.5. The number of carbonyl (C=O) groups is 1. The van der Waals surface area contributed by atoms with Crippen LogP contribution in [0.4, 0.5) is 10.5 Å². The number of ether oxygens (including phenoxy) is 1. The van der Waals surface area contributed by atoms with Gasteiger partial charge in [0.05, 0.1) is 27.6 Å². The molecule has 4 rings (SSSR count). The maximum atomic E-state index is 13.4. The molecule has 1 unspecified atom stereocenters.